The van der Waals surface area contributed by atoms with Crippen LogP contribution in [-0.2, 0) is 14.6 Å². The third-order valence-electron chi connectivity index (χ3n) is 2.66. The van der Waals surface area contributed by atoms with Gasteiger partial charge in [-0.25, -0.2) is 8.42 Å². The first-order chi connectivity index (χ1) is 7.14. The highest BCUT2D eigenvalue weighted by Crippen LogP contribution is 2.17. The van der Waals surface area contributed by atoms with Gasteiger partial charge >= 0.3 is 0 Å². The van der Waals surface area contributed by atoms with Crippen LogP contribution in [0.3, 0.4) is 0 Å². The second-order valence-corrected chi connectivity index (χ2v) is 6.37. The average Bonchev–Trinajstić information content (AvgIpc) is 2.67. The first kappa shape index (κ1) is 12.9. The summed E-state index contributed by atoms with van der Waals surface area (Å²) in [6.07, 6.45) is 4.67. The Kier molecular flexibility index (Phi) is 5.56. The van der Waals surface area contributed by atoms with Gasteiger partial charge in [-0.05, 0) is 38.6 Å². The van der Waals surface area contributed by atoms with Gasteiger partial charge in [-0.15, -0.1) is 0 Å². The quantitative estimate of drug-likeness (QED) is 0.705. The average molecular weight is 235 g/mol. The summed E-state index contributed by atoms with van der Waals surface area (Å²) in [6.45, 7) is 1.29. The van der Waals surface area contributed by atoms with Crippen LogP contribution < -0.4 is 5.73 Å². The molecule has 1 heterocycles. The fourth-order valence-electron chi connectivity index (χ4n) is 1.81. The van der Waals surface area contributed by atoms with Gasteiger partial charge in [-0.1, -0.05) is 0 Å². The van der Waals surface area contributed by atoms with Crippen LogP contribution in [-0.4, -0.2) is 39.2 Å². The van der Waals surface area contributed by atoms with Crippen LogP contribution in [0.15, 0.2) is 0 Å². The number of ether oxygens (including phenoxy) is 1. The van der Waals surface area contributed by atoms with Crippen LogP contribution in [0.1, 0.15) is 32.1 Å². The molecule has 4 nitrogen and oxygen atoms in total. The van der Waals surface area contributed by atoms with Crippen LogP contribution in [0.25, 0.3) is 0 Å². The van der Waals surface area contributed by atoms with E-state index in [-0.39, 0.29) is 11.5 Å². The van der Waals surface area contributed by atoms with Crippen molar-refractivity contribution in [3.05, 3.63) is 0 Å². The molecule has 0 saturated carbocycles. The molecular weight excluding hydrogens is 214 g/mol. The highest BCUT2D eigenvalue weighted by molar-refractivity contribution is 7.91. The van der Waals surface area contributed by atoms with Gasteiger partial charge in [0.1, 0.15) is 9.84 Å². The smallest absolute Gasteiger partial charge is 0.150 e. The van der Waals surface area contributed by atoms with E-state index in [1.165, 1.54) is 0 Å². The Morgan fingerprint density at radius 3 is 2.60 bits per heavy atom. The largest absolute Gasteiger partial charge is 0.378 e. The SMILES string of the molecule is NCCCS(=O)(=O)CCCC1CCCO1. The minimum atomic E-state index is -2.87. The van der Waals surface area contributed by atoms with Crippen molar-refractivity contribution in [2.75, 3.05) is 24.7 Å². The molecule has 0 aromatic heterocycles. The molecule has 1 atom stereocenters. The van der Waals surface area contributed by atoms with Gasteiger partial charge in [-0.3, -0.25) is 0 Å². The molecule has 2 N–H and O–H groups in total. The Morgan fingerprint density at radius 2 is 2.00 bits per heavy atom. The molecule has 5 heteroatoms. The first-order valence-corrected chi connectivity index (χ1v) is 7.48. The van der Waals surface area contributed by atoms with E-state index in [1.54, 1.807) is 0 Å². The number of hydrogen-bond donors (Lipinski definition) is 1. The van der Waals surface area contributed by atoms with Crippen LogP contribution in [0.2, 0.25) is 0 Å². The Morgan fingerprint density at radius 1 is 1.27 bits per heavy atom. The Bertz CT molecular complexity index is 258. The zero-order valence-electron chi connectivity index (χ0n) is 9.15. The normalized spacial score (nSPS) is 22.1. The fourth-order valence-corrected chi connectivity index (χ4v) is 3.23. The van der Waals surface area contributed by atoms with Crippen LogP contribution in [0.4, 0.5) is 0 Å². The van der Waals surface area contributed by atoms with Gasteiger partial charge in [0.15, 0.2) is 0 Å². The molecule has 0 amide bonds. The van der Waals surface area contributed by atoms with E-state index >= 15 is 0 Å². The molecule has 0 aliphatic carbocycles. The lowest BCUT2D eigenvalue weighted by Gasteiger charge is -2.08. The van der Waals surface area contributed by atoms with Gasteiger partial charge in [0.05, 0.1) is 17.6 Å². The predicted molar refractivity (Wildman–Crippen MR) is 60.5 cm³/mol. The summed E-state index contributed by atoms with van der Waals surface area (Å²) >= 11 is 0. The molecule has 15 heavy (non-hydrogen) atoms. The molecule has 0 aromatic carbocycles. The van der Waals surface area contributed by atoms with Crippen molar-refractivity contribution in [3.63, 3.8) is 0 Å². The number of sulfone groups is 1. The van der Waals surface area contributed by atoms with Crippen molar-refractivity contribution in [2.24, 2.45) is 5.73 Å². The van der Waals surface area contributed by atoms with E-state index in [0.717, 1.165) is 32.3 Å². The Hall–Kier alpha value is -0.130. The maximum Gasteiger partial charge on any atom is 0.150 e. The molecule has 1 fully saturated rings. The van der Waals surface area contributed by atoms with Gasteiger partial charge < -0.3 is 10.5 Å². The maximum absolute atomic E-state index is 11.5. The van der Waals surface area contributed by atoms with Crippen molar-refractivity contribution in [1.82, 2.24) is 0 Å². The summed E-state index contributed by atoms with van der Waals surface area (Å²) in [4.78, 5) is 0. The summed E-state index contributed by atoms with van der Waals surface area (Å²) in [5, 5.41) is 0. The zero-order valence-corrected chi connectivity index (χ0v) is 9.97. The zero-order chi connectivity index (χ0) is 11.1. The highest BCUT2D eigenvalue weighted by atomic mass is 32.2. The van der Waals surface area contributed by atoms with Gasteiger partial charge in [0, 0.05) is 6.61 Å². The second-order valence-electron chi connectivity index (χ2n) is 4.07. The number of hydrogen-bond acceptors (Lipinski definition) is 4. The topological polar surface area (TPSA) is 69.4 Å². The summed E-state index contributed by atoms with van der Waals surface area (Å²) in [5.74, 6) is 0.516. The van der Waals surface area contributed by atoms with E-state index in [2.05, 4.69) is 0 Å². The van der Waals surface area contributed by atoms with Crippen LogP contribution >= 0.6 is 0 Å². The summed E-state index contributed by atoms with van der Waals surface area (Å²) in [7, 11) is -2.87. The molecule has 0 bridgehead atoms. The van der Waals surface area contributed by atoms with E-state index in [4.69, 9.17) is 10.5 Å². The lowest BCUT2D eigenvalue weighted by atomic mass is 10.1. The summed E-state index contributed by atoms with van der Waals surface area (Å²) in [6, 6.07) is 0. The van der Waals surface area contributed by atoms with E-state index in [0.29, 0.717) is 19.1 Å². The lowest BCUT2D eigenvalue weighted by Crippen LogP contribution is -2.16. The molecule has 1 unspecified atom stereocenters. The van der Waals surface area contributed by atoms with E-state index < -0.39 is 9.84 Å². The van der Waals surface area contributed by atoms with Crippen LogP contribution in [0.5, 0.6) is 0 Å². The van der Waals surface area contributed by atoms with Gasteiger partial charge in [0.25, 0.3) is 0 Å². The van der Waals surface area contributed by atoms with E-state index in [9.17, 15) is 8.42 Å². The van der Waals surface area contributed by atoms with Gasteiger partial charge in [-0.2, -0.15) is 0 Å². The maximum atomic E-state index is 11.5. The summed E-state index contributed by atoms with van der Waals surface area (Å²) < 4.78 is 28.4. The number of rotatable bonds is 7. The third kappa shape index (κ3) is 5.49. The lowest BCUT2D eigenvalue weighted by molar-refractivity contribution is 0.104. The second kappa shape index (κ2) is 6.45. The Balaban J connectivity index is 2.12. The van der Waals surface area contributed by atoms with Crippen molar-refractivity contribution in [3.8, 4) is 0 Å². The molecule has 0 radical (unpaired) electrons. The van der Waals surface area contributed by atoms with Crippen molar-refractivity contribution < 1.29 is 13.2 Å². The molecule has 0 aromatic rings. The minimum absolute atomic E-state index is 0.231. The molecule has 1 aliphatic rings. The monoisotopic (exact) mass is 235 g/mol. The van der Waals surface area contributed by atoms with Crippen molar-refractivity contribution in [1.29, 1.82) is 0 Å². The van der Waals surface area contributed by atoms with E-state index in [1.807, 2.05) is 0 Å². The summed E-state index contributed by atoms with van der Waals surface area (Å²) in [5.41, 5.74) is 5.28. The van der Waals surface area contributed by atoms with Crippen LogP contribution in [0, 0.1) is 0 Å². The molecule has 1 aliphatic heterocycles. The van der Waals surface area contributed by atoms with Crippen molar-refractivity contribution in [2.45, 2.75) is 38.2 Å². The molecule has 1 rings (SSSR count). The fraction of sp³-hybridized carbons (Fsp3) is 1.00. The number of nitrogens with two attached hydrogens (primary N) is 1. The molecule has 0 spiro atoms. The first-order valence-electron chi connectivity index (χ1n) is 5.66. The molecular formula is C10H21NO3S. The standard InChI is InChI=1S/C10H21NO3S/c11-6-3-9-15(12,13)8-2-5-10-4-1-7-14-10/h10H,1-9,11H2. The minimum Gasteiger partial charge on any atom is -0.378 e. The van der Waals surface area contributed by atoms with Crippen molar-refractivity contribution >= 4 is 9.84 Å². The predicted octanol–water partition coefficient (Wildman–Crippen LogP) is 0.709. The third-order valence-corrected chi connectivity index (χ3v) is 4.49. The molecule has 90 valence electrons. The highest BCUT2D eigenvalue weighted by Gasteiger charge is 2.17. The molecule has 1 saturated heterocycles. The van der Waals surface area contributed by atoms with Gasteiger partial charge in [0.2, 0.25) is 0 Å². The Labute approximate surface area is 92.1 Å².